The van der Waals surface area contributed by atoms with Gasteiger partial charge in [0.25, 0.3) is 0 Å². The maximum Gasteiger partial charge on any atom is 0.131 e. The molecule has 4 N–H and O–H groups in total. The van der Waals surface area contributed by atoms with Gasteiger partial charge in [-0.2, -0.15) is 0 Å². The molecule has 1 aliphatic rings. The second-order valence-corrected chi connectivity index (χ2v) is 4.40. The second-order valence-electron chi connectivity index (χ2n) is 4.40. The molecule has 1 aromatic heterocycles. The highest BCUT2D eigenvalue weighted by Crippen LogP contribution is 2.24. The molecule has 1 heterocycles. The van der Waals surface area contributed by atoms with Gasteiger partial charge in [-0.25, -0.2) is 9.97 Å². The summed E-state index contributed by atoms with van der Waals surface area (Å²) in [5.74, 6) is 1.76. The van der Waals surface area contributed by atoms with Gasteiger partial charge in [-0.05, 0) is 25.2 Å². The summed E-state index contributed by atoms with van der Waals surface area (Å²) >= 11 is 0. The van der Waals surface area contributed by atoms with Gasteiger partial charge in [0.1, 0.15) is 18.0 Å². The van der Waals surface area contributed by atoms with E-state index in [-0.39, 0.29) is 6.10 Å². The number of nitrogens with two attached hydrogens (primary N) is 1. The monoisotopic (exact) mass is 222 g/mol. The Kier molecular flexibility index (Phi) is 3.56. The van der Waals surface area contributed by atoms with Crippen molar-refractivity contribution in [2.45, 2.75) is 31.8 Å². The lowest BCUT2D eigenvalue weighted by Crippen LogP contribution is -2.25. The Morgan fingerprint density at radius 3 is 3.06 bits per heavy atom. The number of rotatable bonds is 3. The van der Waals surface area contributed by atoms with Gasteiger partial charge in [0.05, 0.1) is 6.10 Å². The van der Waals surface area contributed by atoms with Crippen molar-refractivity contribution in [2.75, 3.05) is 17.6 Å². The van der Waals surface area contributed by atoms with Crippen molar-refractivity contribution in [3.8, 4) is 0 Å². The molecule has 2 unspecified atom stereocenters. The normalized spacial score (nSPS) is 25.3. The Balaban J connectivity index is 1.82. The van der Waals surface area contributed by atoms with E-state index in [1.54, 1.807) is 6.07 Å². The predicted octanol–water partition coefficient (Wildman–Crippen LogP) is 1.02. The standard InChI is InChI=1S/C11H18N4O/c12-10-5-11(15-7-14-10)13-6-8-2-1-3-9(16)4-8/h5,7-9,16H,1-4,6H2,(H3,12,13,14,15). The van der Waals surface area contributed by atoms with Crippen LogP contribution in [0.25, 0.3) is 0 Å². The zero-order chi connectivity index (χ0) is 11.4. The zero-order valence-electron chi connectivity index (χ0n) is 9.26. The molecule has 5 heteroatoms. The highest BCUT2D eigenvalue weighted by molar-refractivity contribution is 5.43. The van der Waals surface area contributed by atoms with E-state index in [9.17, 15) is 5.11 Å². The number of aliphatic hydroxyl groups is 1. The van der Waals surface area contributed by atoms with E-state index in [0.29, 0.717) is 11.7 Å². The Morgan fingerprint density at radius 1 is 1.44 bits per heavy atom. The molecule has 1 fully saturated rings. The summed E-state index contributed by atoms with van der Waals surface area (Å²) < 4.78 is 0. The van der Waals surface area contributed by atoms with Crippen molar-refractivity contribution in [3.05, 3.63) is 12.4 Å². The maximum absolute atomic E-state index is 9.55. The molecule has 0 aliphatic heterocycles. The maximum atomic E-state index is 9.55. The van der Waals surface area contributed by atoms with Crippen LogP contribution in [0.3, 0.4) is 0 Å². The van der Waals surface area contributed by atoms with Crippen molar-refractivity contribution in [1.29, 1.82) is 0 Å². The molecule has 2 atom stereocenters. The molecule has 16 heavy (non-hydrogen) atoms. The number of nitrogen functional groups attached to an aromatic ring is 1. The fourth-order valence-corrected chi connectivity index (χ4v) is 2.17. The molecule has 0 amide bonds. The predicted molar refractivity (Wildman–Crippen MR) is 62.9 cm³/mol. The number of hydrogen-bond donors (Lipinski definition) is 3. The fraction of sp³-hybridized carbons (Fsp3) is 0.636. The first-order valence-corrected chi connectivity index (χ1v) is 5.73. The van der Waals surface area contributed by atoms with Gasteiger partial charge in [0.2, 0.25) is 0 Å². The summed E-state index contributed by atoms with van der Waals surface area (Å²) in [6.07, 6.45) is 5.43. The lowest BCUT2D eigenvalue weighted by atomic mass is 9.87. The Bertz CT molecular complexity index is 345. The van der Waals surface area contributed by atoms with Gasteiger partial charge >= 0.3 is 0 Å². The largest absolute Gasteiger partial charge is 0.393 e. The van der Waals surface area contributed by atoms with Crippen LogP contribution in [-0.2, 0) is 0 Å². The van der Waals surface area contributed by atoms with E-state index in [0.717, 1.165) is 31.6 Å². The molecule has 0 radical (unpaired) electrons. The Labute approximate surface area is 95.1 Å². The first-order chi connectivity index (χ1) is 7.74. The number of hydrogen-bond acceptors (Lipinski definition) is 5. The van der Waals surface area contributed by atoms with Gasteiger partial charge in [-0.3, -0.25) is 0 Å². The number of anilines is 2. The van der Waals surface area contributed by atoms with Crippen molar-refractivity contribution < 1.29 is 5.11 Å². The van der Waals surface area contributed by atoms with E-state index in [4.69, 9.17) is 5.73 Å². The molecule has 1 saturated carbocycles. The molecule has 0 spiro atoms. The SMILES string of the molecule is Nc1cc(NCC2CCCC(O)C2)ncn1. The number of aromatic nitrogens is 2. The van der Waals surface area contributed by atoms with E-state index in [2.05, 4.69) is 15.3 Å². The first kappa shape index (κ1) is 11.1. The first-order valence-electron chi connectivity index (χ1n) is 5.73. The third-order valence-corrected chi connectivity index (χ3v) is 3.02. The molecule has 5 nitrogen and oxygen atoms in total. The summed E-state index contributed by atoms with van der Waals surface area (Å²) in [7, 11) is 0. The third-order valence-electron chi connectivity index (χ3n) is 3.02. The van der Waals surface area contributed by atoms with Crippen LogP contribution in [0, 0.1) is 5.92 Å². The lowest BCUT2D eigenvalue weighted by molar-refractivity contribution is 0.104. The average Bonchev–Trinajstić information content (AvgIpc) is 2.27. The molecule has 88 valence electrons. The van der Waals surface area contributed by atoms with E-state index >= 15 is 0 Å². The van der Waals surface area contributed by atoms with Gasteiger partial charge < -0.3 is 16.2 Å². The third kappa shape index (κ3) is 3.06. The van der Waals surface area contributed by atoms with Crippen LogP contribution in [0.1, 0.15) is 25.7 Å². The van der Waals surface area contributed by atoms with Crippen molar-refractivity contribution in [3.63, 3.8) is 0 Å². The van der Waals surface area contributed by atoms with Crippen LogP contribution >= 0.6 is 0 Å². The molecule has 2 rings (SSSR count). The van der Waals surface area contributed by atoms with Gasteiger partial charge in [0.15, 0.2) is 0 Å². The number of nitrogens with zero attached hydrogens (tertiary/aromatic N) is 2. The molecule has 1 aliphatic carbocycles. The smallest absolute Gasteiger partial charge is 0.131 e. The minimum absolute atomic E-state index is 0.129. The molecule has 0 aromatic carbocycles. The van der Waals surface area contributed by atoms with Gasteiger partial charge in [0, 0.05) is 12.6 Å². The second kappa shape index (κ2) is 5.12. The van der Waals surface area contributed by atoms with Crippen LogP contribution in [0.4, 0.5) is 11.6 Å². The van der Waals surface area contributed by atoms with Crippen molar-refractivity contribution in [2.24, 2.45) is 5.92 Å². The van der Waals surface area contributed by atoms with Crippen LogP contribution in [0.15, 0.2) is 12.4 Å². The van der Waals surface area contributed by atoms with E-state index in [1.807, 2.05) is 0 Å². The van der Waals surface area contributed by atoms with Crippen LogP contribution < -0.4 is 11.1 Å². The van der Waals surface area contributed by atoms with E-state index in [1.165, 1.54) is 12.7 Å². The summed E-state index contributed by atoms with van der Waals surface area (Å²) in [6.45, 7) is 0.841. The highest BCUT2D eigenvalue weighted by Gasteiger charge is 2.19. The topological polar surface area (TPSA) is 84.1 Å². The molecular formula is C11H18N4O. The Morgan fingerprint density at radius 2 is 2.31 bits per heavy atom. The minimum atomic E-state index is -0.129. The quantitative estimate of drug-likeness (QED) is 0.711. The molecular weight excluding hydrogens is 204 g/mol. The summed E-state index contributed by atoms with van der Waals surface area (Å²) in [5, 5.41) is 12.8. The average molecular weight is 222 g/mol. The number of nitrogens with one attached hydrogen (secondary N) is 1. The molecule has 1 aromatic rings. The molecule has 0 saturated heterocycles. The van der Waals surface area contributed by atoms with Gasteiger partial charge in [-0.1, -0.05) is 6.42 Å². The fourth-order valence-electron chi connectivity index (χ4n) is 2.17. The van der Waals surface area contributed by atoms with Crippen molar-refractivity contribution in [1.82, 2.24) is 9.97 Å². The summed E-state index contributed by atoms with van der Waals surface area (Å²) in [4.78, 5) is 7.91. The van der Waals surface area contributed by atoms with Crippen LogP contribution in [0.5, 0.6) is 0 Å². The van der Waals surface area contributed by atoms with Crippen LogP contribution in [-0.4, -0.2) is 27.7 Å². The summed E-state index contributed by atoms with van der Waals surface area (Å²) in [5.41, 5.74) is 5.56. The van der Waals surface area contributed by atoms with Crippen LogP contribution in [0.2, 0.25) is 0 Å². The minimum Gasteiger partial charge on any atom is -0.393 e. The zero-order valence-corrected chi connectivity index (χ0v) is 9.26. The van der Waals surface area contributed by atoms with Gasteiger partial charge in [-0.15, -0.1) is 0 Å². The highest BCUT2D eigenvalue weighted by atomic mass is 16.3. The van der Waals surface area contributed by atoms with Crippen molar-refractivity contribution >= 4 is 11.6 Å². The summed E-state index contributed by atoms with van der Waals surface area (Å²) in [6, 6.07) is 1.72. The lowest BCUT2D eigenvalue weighted by Gasteiger charge is -2.26. The molecule has 0 bridgehead atoms. The Hall–Kier alpha value is -1.36. The number of aliphatic hydroxyl groups excluding tert-OH is 1. The van der Waals surface area contributed by atoms with E-state index < -0.39 is 0 Å².